The van der Waals surface area contributed by atoms with Crippen LogP contribution in [0.25, 0.3) is 0 Å². The summed E-state index contributed by atoms with van der Waals surface area (Å²) in [5.41, 5.74) is 6.41. The Morgan fingerprint density at radius 1 is 1.64 bits per heavy atom. The van der Waals surface area contributed by atoms with Crippen LogP contribution in [0.5, 0.6) is 0 Å². The Balaban J connectivity index is 2.70. The summed E-state index contributed by atoms with van der Waals surface area (Å²) in [6.07, 6.45) is 0.540. The van der Waals surface area contributed by atoms with Crippen LogP contribution in [0.15, 0.2) is 12.2 Å². The number of hydrogen-bond acceptors (Lipinski definition) is 1. The Bertz CT molecular complexity index is 174. The third kappa shape index (κ3) is 1.80. The topological polar surface area (TPSA) is 26.0 Å². The molecule has 1 nitrogen and oxygen atoms in total. The lowest BCUT2D eigenvalue weighted by Crippen LogP contribution is -2.42. The highest BCUT2D eigenvalue weighted by atomic mass is 19.1. The second-order valence-corrected chi connectivity index (χ2v) is 4.27. The van der Waals surface area contributed by atoms with E-state index >= 15 is 0 Å². The molecule has 0 heterocycles. The van der Waals surface area contributed by atoms with Crippen LogP contribution in [0.4, 0.5) is 4.39 Å². The lowest BCUT2D eigenvalue weighted by atomic mass is 9.72. The predicted octanol–water partition coefficient (Wildman–Crippen LogP) is 2.03. The molecule has 2 N–H and O–H groups in total. The Kier molecular flexibility index (Phi) is 2.06. The number of hydrogen-bond donors (Lipinski definition) is 1. The number of rotatable bonds is 0. The van der Waals surface area contributed by atoms with Gasteiger partial charge in [0.1, 0.15) is 6.17 Å². The predicted molar refractivity (Wildman–Crippen MR) is 45.0 cm³/mol. The molecule has 2 atom stereocenters. The van der Waals surface area contributed by atoms with Gasteiger partial charge in [-0.25, -0.2) is 4.39 Å². The molecule has 1 fully saturated rings. The fourth-order valence-corrected chi connectivity index (χ4v) is 1.83. The van der Waals surface area contributed by atoms with Crippen molar-refractivity contribution in [1.82, 2.24) is 0 Å². The van der Waals surface area contributed by atoms with E-state index in [2.05, 4.69) is 20.4 Å². The average molecular weight is 157 g/mol. The van der Waals surface area contributed by atoms with Crippen molar-refractivity contribution in [2.24, 2.45) is 11.1 Å². The summed E-state index contributed by atoms with van der Waals surface area (Å²) in [6.45, 7) is 7.89. The van der Waals surface area contributed by atoms with Crippen molar-refractivity contribution in [2.45, 2.75) is 38.9 Å². The van der Waals surface area contributed by atoms with E-state index in [0.717, 1.165) is 12.8 Å². The van der Waals surface area contributed by atoms with Gasteiger partial charge in [0.25, 0.3) is 0 Å². The smallest absolute Gasteiger partial charge is 0.136 e. The summed E-state index contributed by atoms with van der Waals surface area (Å²) >= 11 is 0. The first-order valence-electron chi connectivity index (χ1n) is 4.00. The van der Waals surface area contributed by atoms with E-state index in [4.69, 9.17) is 5.73 Å². The normalized spacial score (nSPS) is 37.3. The summed E-state index contributed by atoms with van der Waals surface area (Å²) < 4.78 is 13.1. The molecule has 0 unspecified atom stereocenters. The fraction of sp³-hybridized carbons (Fsp3) is 0.778. The maximum atomic E-state index is 13.1. The van der Waals surface area contributed by atoms with Gasteiger partial charge in [-0.3, -0.25) is 0 Å². The summed E-state index contributed by atoms with van der Waals surface area (Å²) in [6, 6.07) is -0.341. The summed E-state index contributed by atoms with van der Waals surface area (Å²) in [5.74, 6) is 0. The molecule has 0 aromatic carbocycles. The zero-order valence-corrected chi connectivity index (χ0v) is 7.23. The van der Waals surface area contributed by atoms with Crippen LogP contribution in [-0.4, -0.2) is 12.2 Å². The molecule has 1 saturated carbocycles. The van der Waals surface area contributed by atoms with Gasteiger partial charge in [0.15, 0.2) is 0 Å². The fourth-order valence-electron chi connectivity index (χ4n) is 1.83. The van der Waals surface area contributed by atoms with Gasteiger partial charge in [0.05, 0.1) is 0 Å². The van der Waals surface area contributed by atoms with Crippen LogP contribution in [0.3, 0.4) is 0 Å². The molecule has 11 heavy (non-hydrogen) atoms. The van der Waals surface area contributed by atoms with E-state index in [1.807, 2.05) is 0 Å². The molecule has 0 saturated heterocycles. The minimum Gasteiger partial charge on any atom is -0.325 e. The lowest BCUT2D eigenvalue weighted by molar-refractivity contribution is 0.181. The number of nitrogens with two attached hydrogens (primary N) is 1. The van der Waals surface area contributed by atoms with Gasteiger partial charge in [-0.2, -0.15) is 0 Å². The molecule has 0 aliphatic heterocycles. The largest absolute Gasteiger partial charge is 0.325 e. The Labute approximate surface area is 67.5 Å². The zero-order chi connectivity index (χ0) is 8.65. The van der Waals surface area contributed by atoms with E-state index in [-0.39, 0.29) is 11.5 Å². The maximum absolute atomic E-state index is 13.1. The summed E-state index contributed by atoms with van der Waals surface area (Å²) in [7, 11) is 0. The number of alkyl halides is 1. The highest BCUT2D eigenvalue weighted by molar-refractivity contribution is 5.13. The minimum atomic E-state index is -0.983. The van der Waals surface area contributed by atoms with Crippen LogP contribution in [-0.2, 0) is 0 Å². The van der Waals surface area contributed by atoms with Gasteiger partial charge in [-0.05, 0) is 23.8 Å². The molecule has 0 aromatic rings. The van der Waals surface area contributed by atoms with Crippen molar-refractivity contribution in [2.75, 3.05) is 0 Å². The second kappa shape index (κ2) is 2.59. The molecule has 64 valence electrons. The van der Waals surface area contributed by atoms with Crippen LogP contribution < -0.4 is 5.73 Å². The van der Waals surface area contributed by atoms with Gasteiger partial charge in [-0.15, -0.1) is 0 Å². The van der Waals surface area contributed by atoms with Crippen LogP contribution >= 0.6 is 0 Å². The van der Waals surface area contributed by atoms with Crippen molar-refractivity contribution in [1.29, 1.82) is 0 Å². The highest BCUT2D eigenvalue weighted by Gasteiger charge is 2.35. The molecular formula is C9H16FN. The van der Waals surface area contributed by atoms with E-state index in [1.54, 1.807) is 0 Å². The zero-order valence-electron chi connectivity index (χ0n) is 7.23. The van der Waals surface area contributed by atoms with Crippen molar-refractivity contribution in [3.05, 3.63) is 12.2 Å². The minimum absolute atomic E-state index is 0.138. The average Bonchev–Trinajstić information content (AvgIpc) is 1.81. The van der Waals surface area contributed by atoms with Gasteiger partial charge in [0.2, 0.25) is 0 Å². The van der Waals surface area contributed by atoms with E-state index in [9.17, 15) is 4.39 Å². The van der Waals surface area contributed by atoms with Gasteiger partial charge < -0.3 is 5.73 Å². The molecule has 1 aliphatic carbocycles. The van der Waals surface area contributed by atoms with Crippen molar-refractivity contribution in [3.63, 3.8) is 0 Å². The third-order valence-electron chi connectivity index (χ3n) is 2.26. The van der Waals surface area contributed by atoms with Crippen LogP contribution in [0, 0.1) is 5.41 Å². The van der Waals surface area contributed by atoms with Crippen molar-refractivity contribution < 1.29 is 4.39 Å². The molecular weight excluding hydrogens is 141 g/mol. The SMILES string of the molecule is C=C1CC(C)(C)C[C@H](N)[C@@H]1F. The molecule has 0 aromatic heterocycles. The molecule has 1 aliphatic rings. The molecule has 0 radical (unpaired) electrons. The summed E-state index contributed by atoms with van der Waals surface area (Å²) in [4.78, 5) is 0. The quantitative estimate of drug-likeness (QED) is 0.535. The molecule has 1 rings (SSSR count). The molecule has 2 heteroatoms. The van der Waals surface area contributed by atoms with Crippen molar-refractivity contribution in [3.8, 4) is 0 Å². The van der Waals surface area contributed by atoms with E-state index < -0.39 is 6.17 Å². The van der Waals surface area contributed by atoms with Gasteiger partial charge in [-0.1, -0.05) is 20.4 Å². The second-order valence-electron chi connectivity index (χ2n) is 4.27. The van der Waals surface area contributed by atoms with Crippen LogP contribution in [0.1, 0.15) is 26.7 Å². The van der Waals surface area contributed by atoms with Gasteiger partial charge in [0, 0.05) is 6.04 Å². The Morgan fingerprint density at radius 2 is 2.18 bits per heavy atom. The first kappa shape index (κ1) is 8.72. The Hall–Kier alpha value is -0.370. The van der Waals surface area contributed by atoms with E-state index in [1.165, 1.54) is 0 Å². The van der Waals surface area contributed by atoms with E-state index in [0.29, 0.717) is 5.57 Å². The lowest BCUT2D eigenvalue weighted by Gasteiger charge is -2.37. The molecule has 0 bridgehead atoms. The highest BCUT2D eigenvalue weighted by Crippen LogP contribution is 2.38. The monoisotopic (exact) mass is 157 g/mol. The summed E-state index contributed by atoms with van der Waals surface area (Å²) in [5, 5.41) is 0. The maximum Gasteiger partial charge on any atom is 0.136 e. The molecule has 0 amide bonds. The van der Waals surface area contributed by atoms with Crippen LogP contribution in [0.2, 0.25) is 0 Å². The standard InChI is InChI=1S/C9H16FN/c1-6-4-9(2,3)5-7(11)8(6)10/h7-8H,1,4-5,11H2,2-3H3/t7-,8+/m0/s1. The molecule has 0 spiro atoms. The Morgan fingerprint density at radius 3 is 2.64 bits per heavy atom. The van der Waals surface area contributed by atoms with Gasteiger partial charge >= 0.3 is 0 Å². The third-order valence-corrected chi connectivity index (χ3v) is 2.26. The first-order chi connectivity index (χ1) is 4.92. The van der Waals surface area contributed by atoms with Crippen molar-refractivity contribution >= 4 is 0 Å². The number of halogens is 1. The first-order valence-corrected chi connectivity index (χ1v) is 4.00.